The van der Waals surface area contributed by atoms with E-state index in [1.54, 1.807) is 19.1 Å². The van der Waals surface area contributed by atoms with Gasteiger partial charge in [0.05, 0.1) is 30.0 Å². The summed E-state index contributed by atoms with van der Waals surface area (Å²) in [7, 11) is -3.36. The zero-order chi connectivity index (χ0) is 45.8. The van der Waals surface area contributed by atoms with Gasteiger partial charge in [0.2, 0.25) is 27.7 Å². The Morgan fingerprint density at radius 2 is 1.88 bits per heavy atom. The van der Waals surface area contributed by atoms with Crippen molar-refractivity contribution in [1.82, 2.24) is 25.2 Å². The summed E-state index contributed by atoms with van der Waals surface area (Å²) in [4.78, 5) is 62.6. The monoisotopic (exact) mass is 852 g/mol. The van der Waals surface area contributed by atoms with E-state index in [4.69, 9.17) is 18.3 Å². The first-order valence-electron chi connectivity index (χ1n) is 21.3. The molecule has 2 aliphatic heterocycles. The number of nitrogens with one attached hydrogen (secondary N) is 3. The fourth-order valence-corrected chi connectivity index (χ4v) is 9.05. The van der Waals surface area contributed by atoms with Crippen LogP contribution in [0.1, 0.15) is 96.9 Å². The van der Waals surface area contributed by atoms with Crippen LogP contribution in [0.15, 0.2) is 36.5 Å². The van der Waals surface area contributed by atoms with E-state index in [0.717, 1.165) is 18.7 Å². The van der Waals surface area contributed by atoms with Gasteiger partial charge in [0.1, 0.15) is 35.3 Å². The van der Waals surface area contributed by atoms with E-state index < -0.39 is 98.3 Å². The number of carbonyl (C=O) groups is 4. The number of fused-ring (bicyclic) bond motifs is 3. The van der Waals surface area contributed by atoms with Crippen LogP contribution in [0.2, 0.25) is 0 Å². The van der Waals surface area contributed by atoms with Gasteiger partial charge in [0, 0.05) is 28.8 Å². The number of sulfonamides is 1. The Morgan fingerprint density at radius 1 is 1.15 bits per heavy atom. The van der Waals surface area contributed by atoms with E-state index in [0.29, 0.717) is 43.7 Å². The Bertz CT molecular complexity index is 2240. The summed E-state index contributed by atoms with van der Waals surface area (Å²) < 4.78 is 111. The quantitative estimate of drug-likeness (QED) is 0.257. The molecular weight excluding hydrogens is 796 g/mol. The van der Waals surface area contributed by atoms with E-state index in [1.807, 2.05) is 11.6 Å². The molecule has 4 aliphatic rings. The minimum Gasteiger partial charge on any atom is -0.494 e. The van der Waals surface area contributed by atoms with Crippen molar-refractivity contribution in [2.24, 2.45) is 17.8 Å². The van der Waals surface area contributed by atoms with Crippen LogP contribution >= 0.6 is 0 Å². The zero-order valence-corrected chi connectivity index (χ0v) is 34.7. The lowest BCUT2D eigenvalue weighted by atomic mass is 9.85. The van der Waals surface area contributed by atoms with Crippen molar-refractivity contribution in [2.45, 2.75) is 133 Å². The van der Waals surface area contributed by atoms with Crippen molar-refractivity contribution < 1.29 is 59.1 Å². The largest absolute Gasteiger partial charge is 0.494 e. The molecule has 0 unspecified atom stereocenters. The highest BCUT2D eigenvalue weighted by molar-refractivity contribution is 7.91. The molecule has 6 rings (SSSR count). The van der Waals surface area contributed by atoms with Gasteiger partial charge in [-0.15, -0.1) is 0 Å². The number of benzene rings is 1. The van der Waals surface area contributed by atoms with Gasteiger partial charge in [-0.25, -0.2) is 31.4 Å². The summed E-state index contributed by atoms with van der Waals surface area (Å²) in [6.45, 7) is 3.14. The Hall–Kier alpha value is -4.61. The Balaban J connectivity index is 1.39. The molecule has 0 bridgehead atoms. The number of amides is 4. The predicted molar refractivity (Wildman–Crippen MR) is 211 cm³/mol. The van der Waals surface area contributed by atoms with E-state index in [-0.39, 0.29) is 49.4 Å². The van der Waals surface area contributed by atoms with Crippen LogP contribution in [-0.2, 0) is 29.1 Å². The number of alkyl halides is 2. The topological polar surface area (TPSA) is 182 Å². The standard InChI is InChI=1S/C41H54F3N5O9S/c1-8-24-17-23(2)11-9-10-12-25-20-41(25,36(52)48-59(54,55)39(5)15-16-39)47-33(50)30-19-27(57-34-29-18-26(42)13-14-28(29)31(56-7)21-45-34)22-49(30)35(51)32(24)46-37(53)58-38(3,4)40(6,43)44/h10,12-14,18,21,23-25,27,30,32H,8-9,11,15-17,19-20,22H2,1-7H3,(H,46,53)(H,47,50)(H,48,52)/b12-10-/t23-,24-,25-,27-,30+,32+,41-/m1/s1/i5D3. The van der Waals surface area contributed by atoms with Crippen LogP contribution in [0, 0.1) is 23.6 Å². The van der Waals surface area contributed by atoms with E-state index in [1.165, 1.54) is 31.5 Å². The maximum absolute atomic E-state index is 15.0. The van der Waals surface area contributed by atoms with Crippen molar-refractivity contribution >= 4 is 44.6 Å². The summed E-state index contributed by atoms with van der Waals surface area (Å²) in [5, 5.41) is 5.90. The summed E-state index contributed by atoms with van der Waals surface area (Å²) in [6, 6.07) is 1.03. The predicted octanol–water partition coefficient (Wildman–Crippen LogP) is 5.54. The molecular formula is C41H54F3N5O9S. The first kappa shape index (κ1) is 39.8. The molecule has 4 amide bonds. The molecule has 1 aromatic carbocycles. The van der Waals surface area contributed by atoms with E-state index in [9.17, 15) is 40.8 Å². The third-order valence-corrected chi connectivity index (χ3v) is 14.1. The molecule has 2 aromatic rings. The Morgan fingerprint density at radius 3 is 2.53 bits per heavy atom. The van der Waals surface area contributed by atoms with Crippen molar-refractivity contribution in [2.75, 3.05) is 13.7 Å². The Kier molecular flexibility index (Phi) is 10.9. The number of aromatic nitrogens is 1. The summed E-state index contributed by atoms with van der Waals surface area (Å²) in [5.74, 6) is -8.01. The van der Waals surface area contributed by atoms with Gasteiger partial charge in [-0.2, -0.15) is 0 Å². The van der Waals surface area contributed by atoms with Crippen LogP contribution in [0.5, 0.6) is 11.6 Å². The average molecular weight is 853 g/mol. The molecule has 1 saturated heterocycles. The van der Waals surface area contributed by atoms with Gasteiger partial charge >= 0.3 is 6.09 Å². The second-order valence-electron chi connectivity index (χ2n) is 16.9. The number of allylic oxidation sites excluding steroid dienone is 1. The summed E-state index contributed by atoms with van der Waals surface area (Å²) in [5.41, 5.74) is -4.14. The number of alkyl carbamates (subject to hydrolysis) is 1. The number of halogens is 3. The zero-order valence-electron chi connectivity index (χ0n) is 36.9. The lowest BCUT2D eigenvalue weighted by Gasteiger charge is -2.35. The third-order valence-electron chi connectivity index (χ3n) is 12.2. The number of hydrogen-bond acceptors (Lipinski definition) is 10. The Labute approximate surface area is 346 Å². The van der Waals surface area contributed by atoms with Crippen molar-refractivity contribution in [3.05, 3.63) is 42.4 Å². The highest BCUT2D eigenvalue weighted by Gasteiger charge is 2.63. The lowest BCUT2D eigenvalue weighted by Crippen LogP contribution is -2.60. The maximum atomic E-state index is 15.0. The first-order chi connectivity index (χ1) is 28.8. The van der Waals surface area contributed by atoms with E-state index >= 15 is 0 Å². The van der Waals surface area contributed by atoms with Crippen LogP contribution in [0.3, 0.4) is 0 Å². The molecule has 59 heavy (non-hydrogen) atoms. The second-order valence-corrected chi connectivity index (χ2v) is 18.9. The molecule has 3 N–H and O–H groups in total. The highest BCUT2D eigenvalue weighted by atomic mass is 32.2. The van der Waals surface area contributed by atoms with Crippen LogP contribution < -0.4 is 24.8 Å². The molecule has 2 saturated carbocycles. The summed E-state index contributed by atoms with van der Waals surface area (Å²) >= 11 is 0. The summed E-state index contributed by atoms with van der Waals surface area (Å²) in [6.07, 6.45) is 3.64. The molecule has 1 aromatic heterocycles. The lowest BCUT2D eigenvalue weighted by molar-refractivity contribution is -0.152. The van der Waals surface area contributed by atoms with Gasteiger partial charge in [-0.05, 0) is 89.3 Å². The van der Waals surface area contributed by atoms with Gasteiger partial charge < -0.3 is 29.7 Å². The second kappa shape index (κ2) is 16.1. The number of carbonyl (C=O) groups excluding carboxylic acids is 4. The number of ether oxygens (including phenoxy) is 3. The van der Waals surface area contributed by atoms with Crippen LogP contribution in [0.4, 0.5) is 18.0 Å². The SMILES string of the molecule is [2H]C([2H])([2H])C1(S(=O)(=O)NC(=O)[C@@]23C[C@H]2/C=C\CC[C@@H](C)C[C@@H](CC)[C@H](NC(=O)OC(C)(C)C(C)(F)F)C(=O)N2C[C@H](Oc4ncc(OC)c5ccc(F)cc45)C[C@H]2C(=O)N3)CC1. The molecule has 14 nitrogen and oxygen atoms in total. The molecule has 3 fully saturated rings. The molecule has 7 atom stereocenters. The number of hydrogen-bond donors (Lipinski definition) is 3. The van der Waals surface area contributed by atoms with Gasteiger partial charge in [-0.1, -0.05) is 32.4 Å². The van der Waals surface area contributed by atoms with Crippen molar-refractivity contribution in [1.29, 1.82) is 0 Å². The van der Waals surface area contributed by atoms with Gasteiger partial charge in [0.15, 0.2) is 5.60 Å². The molecule has 0 spiro atoms. The number of methoxy groups -OCH3 is 1. The smallest absolute Gasteiger partial charge is 0.408 e. The average Bonchev–Trinajstić information content (AvgIpc) is 4.09. The van der Waals surface area contributed by atoms with Crippen LogP contribution in [-0.4, -0.2) is 95.8 Å². The minimum atomic E-state index is -4.77. The highest BCUT2D eigenvalue weighted by Crippen LogP contribution is 2.48. The minimum absolute atomic E-state index is 0.0490. The maximum Gasteiger partial charge on any atom is 0.408 e. The number of pyridine rings is 1. The molecule has 3 heterocycles. The van der Waals surface area contributed by atoms with Crippen molar-refractivity contribution in [3.63, 3.8) is 0 Å². The number of rotatable bonds is 10. The fraction of sp³-hybridized carbons (Fsp3) is 0.634. The fourth-order valence-electron chi connectivity index (χ4n) is 7.78. The number of nitrogens with zero attached hydrogens (tertiary/aromatic N) is 2. The molecule has 18 heteroatoms. The molecule has 2 aliphatic carbocycles. The van der Waals surface area contributed by atoms with Gasteiger partial charge in [-0.3, -0.25) is 19.1 Å². The van der Waals surface area contributed by atoms with Crippen molar-refractivity contribution in [3.8, 4) is 11.6 Å². The van der Waals surface area contributed by atoms with E-state index in [2.05, 4.69) is 15.6 Å². The first-order valence-corrected chi connectivity index (χ1v) is 21.3. The van der Waals surface area contributed by atoms with Crippen LogP contribution in [0.25, 0.3) is 10.8 Å². The normalized spacial score (nSPS) is 30.1. The van der Waals surface area contributed by atoms with Gasteiger partial charge in [0.25, 0.3) is 11.8 Å². The molecule has 324 valence electrons. The third kappa shape index (κ3) is 8.97. The molecule has 0 radical (unpaired) electrons.